The van der Waals surface area contributed by atoms with Crippen LogP contribution in [0.15, 0.2) is 218 Å². The number of nitrogens with zero attached hydrogens (tertiary/aromatic N) is 6. The summed E-state index contributed by atoms with van der Waals surface area (Å²) in [7, 11) is 0. The van der Waals surface area contributed by atoms with Crippen molar-refractivity contribution in [2.75, 3.05) is 0 Å². The van der Waals surface area contributed by atoms with Crippen molar-refractivity contribution in [3.05, 3.63) is 230 Å². The van der Waals surface area contributed by atoms with Gasteiger partial charge in [0.15, 0.2) is 23.3 Å². The van der Waals surface area contributed by atoms with Gasteiger partial charge < -0.3 is 18.9 Å². The highest BCUT2D eigenvalue weighted by Gasteiger charge is 2.24. The molecule has 0 aliphatic rings. The number of ketones is 1. The molecule has 0 unspecified atom stereocenters. The fraction of sp³-hybridized carbons (Fsp3) is 0. The Morgan fingerprint density at radius 2 is 0.485 bits per heavy atom. The van der Waals surface area contributed by atoms with Gasteiger partial charge in [-0.25, -0.2) is 29.9 Å². The maximum Gasteiger partial charge on any atom is 0.267 e. The molecule has 2 heterocycles. The maximum atomic E-state index is 15.0. The first-order chi connectivity index (χ1) is 32.5. The molecule has 2 aromatic heterocycles. The van der Waals surface area contributed by atoms with Crippen molar-refractivity contribution >= 4 is 5.78 Å². The molecule has 0 aliphatic heterocycles. The number of para-hydroxylation sites is 4. The standard InChI is InChI=1S/C55H36N6O5/c62-49(54-58-50(37-17-13-29-45(33-37)63-41-21-5-1-6-22-41)56-51(59-54)38-18-14-30-46(34-38)64-42-23-7-2-8-24-42)55-60-52(39-19-15-31-47(35-39)65-43-25-9-3-10-26-43)57-53(61-55)40-20-16-32-48(36-40)66-44-27-11-4-12-28-44/h1-36H. The Labute approximate surface area is 379 Å². The summed E-state index contributed by atoms with van der Waals surface area (Å²) in [5.41, 5.74) is 2.33. The lowest BCUT2D eigenvalue weighted by Gasteiger charge is -2.12. The normalized spacial score (nSPS) is 10.8. The second kappa shape index (κ2) is 19.0. The molecule has 11 nitrogen and oxygen atoms in total. The van der Waals surface area contributed by atoms with Crippen molar-refractivity contribution in [1.82, 2.24) is 29.9 Å². The van der Waals surface area contributed by atoms with E-state index in [-0.39, 0.29) is 34.9 Å². The summed E-state index contributed by atoms with van der Waals surface area (Å²) in [6.45, 7) is 0. The summed E-state index contributed by atoms with van der Waals surface area (Å²) in [6, 6.07) is 67.1. The van der Waals surface area contributed by atoms with E-state index >= 15 is 4.79 Å². The summed E-state index contributed by atoms with van der Waals surface area (Å²) >= 11 is 0. The van der Waals surface area contributed by atoms with Gasteiger partial charge in [0, 0.05) is 22.3 Å². The lowest BCUT2D eigenvalue weighted by atomic mass is 10.1. The third-order valence-corrected chi connectivity index (χ3v) is 9.96. The Bertz CT molecular complexity index is 2860. The summed E-state index contributed by atoms with van der Waals surface area (Å²) < 4.78 is 24.7. The third kappa shape index (κ3) is 9.81. The van der Waals surface area contributed by atoms with Crippen LogP contribution in [-0.4, -0.2) is 35.7 Å². The van der Waals surface area contributed by atoms with Crippen LogP contribution in [0.5, 0.6) is 46.0 Å². The van der Waals surface area contributed by atoms with E-state index in [2.05, 4.69) is 0 Å². The molecule has 11 heteroatoms. The van der Waals surface area contributed by atoms with Crippen molar-refractivity contribution in [3.63, 3.8) is 0 Å². The van der Waals surface area contributed by atoms with Crippen LogP contribution in [0.1, 0.15) is 16.4 Å². The van der Waals surface area contributed by atoms with Gasteiger partial charge in [0.25, 0.3) is 5.78 Å². The van der Waals surface area contributed by atoms with Crippen molar-refractivity contribution < 1.29 is 23.7 Å². The molecular weight excluding hydrogens is 825 g/mol. The van der Waals surface area contributed by atoms with E-state index < -0.39 is 5.78 Å². The van der Waals surface area contributed by atoms with Crippen LogP contribution in [0.4, 0.5) is 0 Å². The Balaban J connectivity index is 1.08. The van der Waals surface area contributed by atoms with Gasteiger partial charge in [-0.3, -0.25) is 4.79 Å². The smallest absolute Gasteiger partial charge is 0.267 e. The lowest BCUT2D eigenvalue weighted by Crippen LogP contribution is -2.15. The zero-order valence-electron chi connectivity index (χ0n) is 35.0. The van der Waals surface area contributed by atoms with Gasteiger partial charge in [0.05, 0.1) is 0 Å². The summed E-state index contributed by atoms with van der Waals surface area (Å²) in [5.74, 6) is 4.70. The molecule has 0 saturated heterocycles. The minimum atomic E-state index is -0.661. The van der Waals surface area contributed by atoms with Crippen LogP contribution in [0, 0.1) is 0 Å². The van der Waals surface area contributed by atoms with Gasteiger partial charge in [-0.1, -0.05) is 121 Å². The third-order valence-electron chi connectivity index (χ3n) is 9.96. The van der Waals surface area contributed by atoms with Gasteiger partial charge >= 0.3 is 0 Å². The number of aromatic nitrogens is 6. The molecule has 10 rings (SSSR count). The van der Waals surface area contributed by atoms with Crippen LogP contribution >= 0.6 is 0 Å². The average Bonchev–Trinajstić information content (AvgIpc) is 3.37. The highest BCUT2D eigenvalue weighted by atomic mass is 16.5. The number of benzene rings is 8. The van der Waals surface area contributed by atoms with E-state index in [1.54, 1.807) is 0 Å². The molecule has 0 radical (unpaired) electrons. The predicted molar refractivity (Wildman–Crippen MR) is 251 cm³/mol. The first kappa shape index (κ1) is 40.7. The summed E-state index contributed by atoms with van der Waals surface area (Å²) in [6.07, 6.45) is 0. The number of carbonyl (C=O) groups excluding carboxylic acids is 1. The minimum Gasteiger partial charge on any atom is -0.457 e. The molecule has 66 heavy (non-hydrogen) atoms. The first-order valence-corrected chi connectivity index (χ1v) is 20.9. The zero-order chi connectivity index (χ0) is 44.5. The maximum absolute atomic E-state index is 15.0. The highest BCUT2D eigenvalue weighted by Crippen LogP contribution is 2.32. The number of rotatable bonds is 14. The zero-order valence-corrected chi connectivity index (χ0v) is 35.0. The molecule has 0 saturated carbocycles. The van der Waals surface area contributed by atoms with Gasteiger partial charge in [-0.2, -0.15) is 0 Å². The van der Waals surface area contributed by atoms with Crippen LogP contribution in [0.3, 0.4) is 0 Å². The van der Waals surface area contributed by atoms with E-state index in [1.807, 2.05) is 218 Å². The van der Waals surface area contributed by atoms with E-state index in [1.165, 1.54) is 0 Å². The quantitative estimate of drug-likeness (QED) is 0.0968. The van der Waals surface area contributed by atoms with Crippen molar-refractivity contribution in [2.24, 2.45) is 0 Å². The van der Waals surface area contributed by atoms with Gasteiger partial charge in [0.2, 0.25) is 11.6 Å². The predicted octanol–water partition coefficient (Wildman–Crippen LogP) is 13.1. The molecule has 0 N–H and O–H groups in total. The van der Waals surface area contributed by atoms with Crippen molar-refractivity contribution in [1.29, 1.82) is 0 Å². The fourth-order valence-corrected chi connectivity index (χ4v) is 6.86. The molecular formula is C55H36N6O5. The molecule has 0 bridgehead atoms. The van der Waals surface area contributed by atoms with E-state index in [9.17, 15) is 0 Å². The van der Waals surface area contributed by atoms with E-state index in [0.717, 1.165) is 0 Å². The number of hydrogen-bond acceptors (Lipinski definition) is 11. The molecule has 10 aromatic rings. The molecule has 0 atom stereocenters. The molecule has 0 amide bonds. The topological polar surface area (TPSA) is 131 Å². The molecule has 0 fully saturated rings. The van der Waals surface area contributed by atoms with E-state index in [4.69, 9.17) is 48.9 Å². The molecule has 0 spiro atoms. The van der Waals surface area contributed by atoms with Crippen molar-refractivity contribution in [2.45, 2.75) is 0 Å². The molecule has 0 aliphatic carbocycles. The van der Waals surface area contributed by atoms with Gasteiger partial charge in [-0.05, 0) is 97.1 Å². The number of carbonyl (C=O) groups is 1. The van der Waals surface area contributed by atoms with Crippen LogP contribution in [0.2, 0.25) is 0 Å². The van der Waals surface area contributed by atoms with Crippen LogP contribution < -0.4 is 18.9 Å². The Hall–Kier alpha value is -9.35. The SMILES string of the molecule is O=C(c1nc(-c2cccc(Oc3ccccc3)c2)nc(-c2cccc(Oc3ccccc3)c2)n1)c1nc(-c2cccc(Oc3ccccc3)c2)nc(-c2cccc(Oc3ccccc3)c2)n1. The van der Waals surface area contributed by atoms with Crippen LogP contribution in [0.25, 0.3) is 45.6 Å². The second-order valence-electron chi connectivity index (χ2n) is 14.7. The second-order valence-corrected chi connectivity index (χ2v) is 14.7. The number of ether oxygens (including phenoxy) is 4. The average molecular weight is 861 g/mol. The van der Waals surface area contributed by atoms with Gasteiger partial charge in [0.1, 0.15) is 46.0 Å². The lowest BCUT2D eigenvalue weighted by molar-refractivity contribution is 0.101. The largest absolute Gasteiger partial charge is 0.457 e. The summed E-state index contributed by atoms with van der Waals surface area (Å²) in [4.78, 5) is 43.9. The fourth-order valence-electron chi connectivity index (χ4n) is 6.86. The first-order valence-electron chi connectivity index (χ1n) is 20.9. The Kier molecular flexibility index (Phi) is 11.7. The molecule has 316 valence electrons. The Morgan fingerprint density at radius 3 is 0.727 bits per heavy atom. The van der Waals surface area contributed by atoms with Crippen LogP contribution in [-0.2, 0) is 0 Å². The summed E-state index contributed by atoms with van der Waals surface area (Å²) in [5, 5.41) is 0. The van der Waals surface area contributed by atoms with Crippen molar-refractivity contribution in [3.8, 4) is 91.5 Å². The minimum absolute atomic E-state index is 0.191. The monoisotopic (exact) mass is 860 g/mol. The van der Waals surface area contributed by atoms with E-state index in [0.29, 0.717) is 68.2 Å². The Morgan fingerprint density at radius 1 is 0.258 bits per heavy atom. The number of hydrogen-bond donors (Lipinski definition) is 0. The molecule has 8 aromatic carbocycles. The highest BCUT2D eigenvalue weighted by molar-refractivity contribution is 6.04. The van der Waals surface area contributed by atoms with Gasteiger partial charge in [-0.15, -0.1) is 0 Å².